The molecule has 128 valence electrons. The van der Waals surface area contributed by atoms with Gasteiger partial charge in [-0.15, -0.1) is 0 Å². The summed E-state index contributed by atoms with van der Waals surface area (Å²) < 4.78 is 1.49. The largest absolute Gasteiger partial charge is 0.310 e. The number of nitrogens with one attached hydrogen (secondary N) is 1. The highest BCUT2D eigenvalue weighted by Gasteiger charge is 2.21. The summed E-state index contributed by atoms with van der Waals surface area (Å²) in [7, 11) is 1.67. The van der Waals surface area contributed by atoms with Crippen LogP contribution in [0, 0.1) is 0 Å². The molecule has 3 aromatic rings. The van der Waals surface area contributed by atoms with Crippen LogP contribution in [0.3, 0.4) is 0 Å². The van der Waals surface area contributed by atoms with Crippen LogP contribution in [-0.4, -0.2) is 25.7 Å². The van der Waals surface area contributed by atoms with Gasteiger partial charge in [-0.05, 0) is 30.7 Å². The molecule has 2 aromatic heterocycles. The summed E-state index contributed by atoms with van der Waals surface area (Å²) >= 11 is 1.28. The van der Waals surface area contributed by atoms with Gasteiger partial charge in [0.25, 0.3) is 5.56 Å². The van der Waals surface area contributed by atoms with E-state index in [1.165, 1.54) is 16.3 Å². The van der Waals surface area contributed by atoms with Gasteiger partial charge in [0.15, 0.2) is 5.16 Å². The van der Waals surface area contributed by atoms with E-state index in [2.05, 4.69) is 15.3 Å². The Morgan fingerprint density at radius 2 is 2.00 bits per heavy atom. The van der Waals surface area contributed by atoms with Gasteiger partial charge < -0.3 is 5.32 Å². The number of amides is 1. The number of fused-ring (bicyclic) bond motifs is 1. The van der Waals surface area contributed by atoms with Crippen molar-refractivity contribution in [1.82, 2.24) is 14.5 Å². The lowest BCUT2D eigenvalue weighted by atomic mass is 10.2. The van der Waals surface area contributed by atoms with Crippen LogP contribution in [0.4, 0.5) is 5.82 Å². The van der Waals surface area contributed by atoms with E-state index in [1.807, 2.05) is 25.1 Å². The minimum Gasteiger partial charge on any atom is -0.310 e. The third kappa shape index (κ3) is 3.71. The van der Waals surface area contributed by atoms with E-state index in [4.69, 9.17) is 0 Å². The van der Waals surface area contributed by atoms with Crippen molar-refractivity contribution in [2.24, 2.45) is 7.05 Å². The summed E-state index contributed by atoms with van der Waals surface area (Å²) in [6.45, 7) is 1.93. The van der Waals surface area contributed by atoms with E-state index in [1.54, 1.807) is 37.5 Å². The molecule has 1 amide bonds. The first-order valence-electron chi connectivity index (χ1n) is 7.94. The van der Waals surface area contributed by atoms with Crippen LogP contribution in [0.2, 0.25) is 0 Å². The van der Waals surface area contributed by atoms with E-state index in [0.29, 0.717) is 28.3 Å². The first kappa shape index (κ1) is 17.2. The summed E-state index contributed by atoms with van der Waals surface area (Å²) in [6.07, 6.45) is 2.23. The average molecular weight is 354 g/mol. The van der Waals surface area contributed by atoms with Gasteiger partial charge in [-0.1, -0.05) is 36.9 Å². The fourth-order valence-corrected chi connectivity index (χ4v) is 3.38. The first-order valence-corrected chi connectivity index (χ1v) is 8.82. The van der Waals surface area contributed by atoms with Gasteiger partial charge in [-0.25, -0.2) is 9.97 Å². The topological polar surface area (TPSA) is 76.9 Å². The standard InChI is InChI=1S/C18H18N4O2S/c1-3-14(16(23)21-15-10-6-7-11-19-15)25-18-20-13-9-5-4-8-12(13)17(24)22(18)2/h4-11,14H,3H2,1-2H3,(H,19,21,23). The molecule has 3 rings (SSSR count). The van der Waals surface area contributed by atoms with E-state index < -0.39 is 0 Å². The second-order valence-electron chi connectivity index (χ2n) is 5.49. The van der Waals surface area contributed by atoms with Crippen molar-refractivity contribution in [3.05, 3.63) is 59.0 Å². The Bertz CT molecular complexity index is 956. The number of anilines is 1. The predicted molar refractivity (Wildman–Crippen MR) is 99.8 cm³/mol. The number of carbonyl (C=O) groups is 1. The van der Waals surface area contributed by atoms with Crippen molar-refractivity contribution in [1.29, 1.82) is 0 Å². The van der Waals surface area contributed by atoms with Gasteiger partial charge in [0, 0.05) is 13.2 Å². The third-order valence-electron chi connectivity index (χ3n) is 3.77. The van der Waals surface area contributed by atoms with Gasteiger partial charge >= 0.3 is 0 Å². The molecule has 0 saturated carbocycles. The second kappa shape index (κ2) is 7.48. The maximum atomic E-state index is 12.5. The summed E-state index contributed by atoms with van der Waals surface area (Å²) in [5, 5.41) is 3.51. The summed E-state index contributed by atoms with van der Waals surface area (Å²) in [5.41, 5.74) is 0.515. The molecule has 1 unspecified atom stereocenters. The van der Waals surface area contributed by atoms with Crippen molar-refractivity contribution in [3.8, 4) is 0 Å². The number of carbonyl (C=O) groups excluding carboxylic acids is 1. The van der Waals surface area contributed by atoms with Crippen molar-refractivity contribution in [2.45, 2.75) is 23.8 Å². The summed E-state index contributed by atoms with van der Waals surface area (Å²) in [4.78, 5) is 33.6. The molecule has 7 heteroatoms. The molecule has 0 saturated heterocycles. The highest BCUT2D eigenvalue weighted by atomic mass is 32.2. The quantitative estimate of drug-likeness (QED) is 0.563. The second-order valence-corrected chi connectivity index (χ2v) is 6.66. The maximum absolute atomic E-state index is 12.5. The van der Waals surface area contributed by atoms with Crippen molar-refractivity contribution in [3.63, 3.8) is 0 Å². The predicted octanol–water partition coefficient (Wildman–Crippen LogP) is 2.84. The molecular weight excluding hydrogens is 336 g/mol. The van der Waals surface area contributed by atoms with Crippen LogP contribution in [0.1, 0.15) is 13.3 Å². The number of pyridine rings is 1. The molecule has 1 N–H and O–H groups in total. The van der Waals surface area contributed by atoms with Gasteiger partial charge in [-0.3, -0.25) is 14.2 Å². The van der Waals surface area contributed by atoms with Crippen LogP contribution in [-0.2, 0) is 11.8 Å². The number of nitrogens with zero attached hydrogens (tertiary/aromatic N) is 3. The lowest BCUT2D eigenvalue weighted by Crippen LogP contribution is -2.27. The Morgan fingerprint density at radius 3 is 2.72 bits per heavy atom. The molecule has 25 heavy (non-hydrogen) atoms. The fraction of sp³-hybridized carbons (Fsp3) is 0.222. The lowest BCUT2D eigenvalue weighted by molar-refractivity contribution is -0.115. The van der Waals surface area contributed by atoms with Crippen LogP contribution in [0.5, 0.6) is 0 Å². The number of hydrogen-bond acceptors (Lipinski definition) is 5. The van der Waals surface area contributed by atoms with Crippen LogP contribution < -0.4 is 10.9 Å². The number of para-hydroxylation sites is 1. The van der Waals surface area contributed by atoms with Crippen LogP contribution in [0.15, 0.2) is 58.6 Å². The van der Waals surface area contributed by atoms with Gasteiger partial charge in [0.2, 0.25) is 5.91 Å². The monoisotopic (exact) mass is 354 g/mol. The molecular formula is C18H18N4O2S. The van der Waals surface area contributed by atoms with E-state index in [9.17, 15) is 9.59 Å². The highest BCUT2D eigenvalue weighted by Crippen LogP contribution is 2.25. The molecule has 1 aromatic carbocycles. The van der Waals surface area contributed by atoms with Crippen molar-refractivity contribution >= 4 is 34.4 Å². The molecule has 0 fully saturated rings. The van der Waals surface area contributed by atoms with Crippen LogP contribution >= 0.6 is 11.8 Å². The molecule has 0 aliphatic carbocycles. The summed E-state index contributed by atoms with van der Waals surface area (Å²) in [6, 6.07) is 12.5. The number of aromatic nitrogens is 3. The Kier molecular flexibility index (Phi) is 5.14. The molecule has 0 spiro atoms. The first-order chi connectivity index (χ1) is 12.1. The Labute approximate surface area is 149 Å². The zero-order valence-corrected chi connectivity index (χ0v) is 14.8. The zero-order chi connectivity index (χ0) is 17.8. The number of hydrogen-bond donors (Lipinski definition) is 1. The average Bonchev–Trinajstić information content (AvgIpc) is 2.64. The molecule has 0 radical (unpaired) electrons. The number of thioether (sulfide) groups is 1. The Balaban J connectivity index is 1.86. The molecule has 0 bridgehead atoms. The SMILES string of the molecule is CCC(Sc1nc2ccccc2c(=O)n1C)C(=O)Nc1ccccn1. The fourth-order valence-electron chi connectivity index (χ4n) is 2.40. The van der Waals surface area contributed by atoms with Crippen molar-refractivity contribution in [2.75, 3.05) is 5.32 Å². The van der Waals surface area contributed by atoms with Crippen molar-refractivity contribution < 1.29 is 4.79 Å². The zero-order valence-electron chi connectivity index (χ0n) is 14.0. The van der Waals surface area contributed by atoms with E-state index in [0.717, 1.165) is 0 Å². The molecule has 1 atom stereocenters. The van der Waals surface area contributed by atoms with Gasteiger partial charge in [0.1, 0.15) is 5.82 Å². The van der Waals surface area contributed by atoms with Gasteiger partial charge in [-0.2, -0.15) is 0 Å². The summed E-state index contributed by atoms with van der Waals surface area (Å²) in [5.74, 6) is 0.348. The minimum absolute atomic E-state index is 0.118. The normalized spacial score (nSPS) is 12.1. The highest BCUT2D eigenvalue weighted by molar-refractivity contribution is 8.00. The maximum Gasteiger partial charge on any atom is 0.261 e. The minimum atomic E-state index is -0.374. The van der Waals surface area contributed by atoms with Crippen LogP contribution in [0.25, 0.3) is 10.9 Å². The lowest BCUT2D eigenvalue weighted by Gasteiger charge is -2.16. The number of benzene rings is 1. The van der Waals surface area contributed by atoms with E-state index >= 15 is 0 Å². The third-order valence-corrected chi connectivity index (χ3v) is 5.18. The Morgan fingerprint density at radius 1 is 1.24 bits per heavy atom. The molecule has 6 nitrogen and oxygen atoms in total. The smallest absolute Gasteiger partial charge is 0.261 e. The molecule has 0 aliphatic heterocycles. The molecule has 2 heterocycles. The van der Waals surface area contributed by atoms with E-state index in [-0.39, 0.29) is 16.7 Å². The Hall–Kier alpha value is -2.67. The van der Waals surface area contributed by atoms with Gasteiger partial charge in [0.05, 0.1) is 16.2 Å². The molecule has 0 aliphatic rings. The number of rotatable bonds is 5.